The zero-order chi connectivity index (χ0) is 13.9. The van der Waals surface area contributed by atoms with Crippen LogP contribution in [0.3, 0.4) is 0 Å². The quantitative estimate of drug-likeness (QED) is 0.784. The second-order valence-corrected chi connectivity index (χ2v) is 7.32. The lowest BCUT2D eigenvalue weighted by molar-refractivity contribution is 0.574. The van der Waals surface area contributed by atoms with Crippen molar-refractivity contribution in [2.75, 3.05) is 18.1 Å². The van der Waals surface area contributed by atoms with Crippen molar-refractivity contribution < 1.29 is 0 Å². The first-order chi connectivity index (χ1) is 9.12. The summed E-state index contributed by atoms with van der Waals surface area (Å²) in [7, 11) is 0. The summed E-state index contributed by atoms with van der Waals surface area (Å²) < 4.78 is 1.44. The molecule has 2 nitrogen and oxygen atoms in total. The van der Waals surface area contributed by atoms with Crippen LogP contribution in [0.5, 0.6) is 0 Å². The van der Waals surface area contributed by atoms with E-state index in [1.807, 2.05) is 30.0 Å². The SMILES string of the molecule is CCC(CC)(CNc1nc2ccc(Cl)cc2s1)SC. The number of rotatable bonds is 6. The molecular weight excluding hydrogens is 296 g/mol. The Morgan fingerprint density at radius 1 is 1.37 bits per heavy atom. The Morgan fingerprint density at radius 2 is 2.11 bits per heavy atom. The first kappa shape index (κ1) is 14.9. The fourth-order valence-electron chi connectivity index (χ4n) is 2.07. The monoisotopic (exact) mass is 314 g/mol. The third kappa shape index (κ3) is 3.36. The number of benzene rings is 1. The van der Waals surface area contributed by atoms with Gasteiger partial charge >= 0.3 is 0 Å². The number of thiazole rings is 1. The number of nitrogens with zero attached hydrogens (tertiary/aromatic N) is 1. The molecule has 1 heterocycles. The van der Waals surface area contributed by atoms with Crippen molar-refractivity contribution in [1.82, 2.24) is 4.98 Å². The van der Waals surface area contributed by atoms with Gasteiger partial charge in [0.2, 0.25) is 0 Å². The van der Waals surface area contributed by atoms with Crippen molar-refractivity contribution in [3.05, 3.63) is 23.2 Å². The minimum absolute atomic E-state index is 0.301. The normalized spacial score (nSPS) is 12.0. The molecule has 0 amide bonds. The average Bonchev–Trinajstić information content (AvgIpc) is 2.83. The number of hydrogen-bond acceptors (Lipinski definition) is 4. The second kappa shape index (κ2) is 6.33. The summed E-state index contributed by atoms with van der Waals surface area (Å²) in [5.74, 6) is 0. The van der Waals surface area contributed by atoms with Gasteiger partial charge in [0.05, 0.1) is 10.2 Å². The van der Waals surface area contributed by atoms with Crippen LogP contribution in [-0.4, -0.2) is 22.5 Å². The number of halogens is 1. The molecule has 0 bridgehead atoms. The fourth-order valence-corrected chi connectivity index (χ4v) is 4.00. The number of hydrogen-bond donors (Lipinski definition) is 1. The highest BCUT2D eigenvalue weighted by atomic mass is 35.5. The largest absolute Gasteiger partial charge is 0.360 e. The van der Waals surface area contributed by atoms with E-state index in [-0.39, 0.29) is 0 Å². The van der Waals surface area contributed by atoms with Crippen molar-refractivity contribution in [2.45, 2.75) is 31.4 Å². The number of thioether (sulfide) groups is 1. The van der Waals surface area contributed by atoms with Crippen LogP contribution in [0.25, 0.3) is 10.2 Å². The van der Waals surface area contributed by atoms with Gasteiger partial charge < -0.3 is 5.32 Å². The predicted octanol–water partition coefficient (Wildman–Crippen LogP) is 5.28. The summed E-state index contributed by atoms with van der Waals surface area (Å²) >= 11 is 9.61. The van der Waals surface area contributed by atoms with E-state index in [9.17, 15) is 0 Å². The van der Waals surface area contributed by atoms with Crippen LogP contribution < -0.4 is 5.32 Å². The summed E-state index contributed by atoms with van der Waals surface area (Å²) in [5, 5.41) is 5.24. The fraction of sp³-hybridized carbons (Fsp3) is 0.500. The molecule has 104 valence electrons. The second-order valence-electron chi connectivity index (χ2n) is 4.58. The van der Waals surface area contributed by atoms with E-state index in [0.29, 0.717) is 4.75 Å². The Balaban J connectivity index is 2.13. The van der Waals surface area contributed by atoms with Gasteiger partial charge in [0, 0.05) is 16.3 Å². The Labute approximate surface area is 128 Å². The molecule has 2 aromatic rings. The van der Waals surface area contributed by atoms with Gasteiger partial charge in [0.25, 0.3) is 0 Å². The molecule has 0 atom stereocenters. The van der Waals surface area contributed by atoms with Gasteiger partial charge in [0.15, 0.2) is 5.13 Å². The standard InChI is InChI=1S/C14H19ClN2S2/c1-4-14(5-2,18-3)9-16-13-17-11-7-6-10(15)8-12(11)19-13/h6-8H,4-5,9H2,1-3H3,(H,16,17). The van der Waals surface area contributed by atoms with Gasteiger partial charge in [-0.05, 0) is 37.3 Å². The van der Waals surface area contributed by atoms with E-state index in [1.54, 1.807) is 11.3 Å². The smallest absolute Gasteiger partial charge is 0.183 e. The molecule has 0 aliphatic carbocycles. The van der Waals surface area contributed by atoms with E-state index in [4.69, 9.17) is 11.6 Å². The topological polar surface area (TPSA) is 24.9 Å². The lowest BCUT2D eigenvalue weighted by Gasteiger charge is -2.29. The molecule has 0 saturated heterocycles. The number of anilines is 1. The number of nitrogens with one attached hydrogen (secondary N) is 1. The molecule has 2 rings (SSSR count). The third-order valence-electron chi connectivity index (χ3n) is 3.63. The Bertz CT molecular complexity index is 541. The zero-order valence-electron chi connectivity index (χ0n) is 11.5. The van der Waals surface area contributed by atoms with Gasteiger partial charge in [-0.2, -0.15) is 11.8 Å². The predicted molar refractivity (Wildman–Crippen MR) is 89.9 cm³/mol. The van der Waals surface area contributed by atoms with Crippen molar-refractivity contribution in [1.29, 1.82) is 0 Å². The van der Waals surface area contributed by atoms with E-state index >= 15 is 0 Å². The van der Waals surface area contributed by atoms with Crippen LogP contribution in [-0.2, 0) is 0 Å². The molecule has 1 aromatic carbocycles. The maximum absolute atomic E-state index is 6.00. The average molecular weight is 315 g/mol. The van der Waals surface area contributed by atoms with Gasteiger partial charge in [-0.15, -0.1) is 0 Å². The molecule has 0 radical (unpaired) electrons. The van der Waals surface area contributed by atoms with Gasteiger partial charge in [-0.1, -0.05) is 36.8 Å². The highest BCUT2D eigenvalue weighted by Crippen LogP contribution is 2.33. The molecule has 0 aliphatic rings. The first-order valence-corrected chi connectivity index (χ1v) is 8.89. The lowest BCUT2D eigenvalue weighted by Crippen LogP contribution is -2.31. The molecule has 0 unspecified atom stereocenters. The Hall–Kier alpha value is -0.450. The van der Waals surface area contributed by atoms with Crippen molar-refractivity contribution in [3.63, 3.8) is 0 Å². The minimum atomic E-state index is 0.301. The van der Waals surface area contributed by atoms with Crippen LogP contribution in [0.2, 0.25) is 5.02 Å². The maximum atomic E-state index is 6.00. The van der Waals surface area contributed by atoms with Crippen LogP contribution in [0.15, 0.2) is 18.2 Å². The summed E-state index contributed by atoms with van der Waals surface area (Å²) in [6, 6.07) is 5.83. The van der Waals surface area contributed by atoms with Crippen molar-refractivity contribution in [3.8, 4) is 0 Å². The molecule has 19 heavy (non-hydrogen) atoms. The zero-order valence-corrected chi connectivity index (χ0v) is 13.9. The van der Waals surface area contributed by atoms with Crippen LogP contribution in [0, 0.1) is 0 Å². The highest BCUT2D eigenvalue weighted by molar-refractivity contribution is 8.00. The first-order valence-electron chi connectivity index (χ1n) is 6.47. The van der Waals surface area contributed by atoms with E-state index < -0.39 is 0 Å². The summed E-state index contributed by atoms with van der Waals surface area (Å²) in [6.45, 7) is 5.45. The van der Waals surface area contributed by atoms with Gasteiger partial charge in [-0.3, -0.25) is 0 Å². The molecular formula is C14H19ClN2S2. The molecule has 0 fully saturated rings. The molecule has 0 saturated carbocycles. The van der Waals surface area contributed by atoms with Gasteiger partial charge in [-0.25, -0.2) is 4.98 Å². The van der Waals surface area contributed by atoms with Crippen LogP contribution in [0.4, 0.5) is 5.13 Å². The minimum Gasteiger partial charge on any atom is -0.360 e. The maximum Gasteiger partial charge on any atom is 0.183 e. The summed E-state index contributed by atoms with van der Waals surface area (Å²) in [5.41, 5.74) is 1.01. The summed E-state index contributed by atoms with van der Waals surface area (Å²) in [4.78, 5) is 4.60. The number of aromatic nitrogens is 1. The van der Waals surface area contributed by atoms with E-state index in [0.717, 1.165) is 39.8 Å². The third-order valence-corrected chi connectivity index (χ3v) is 6.43. The highest BCUT2D eigenvalue weighted by Gasteiger charge is 2.24. The van der Waals surface area contributed by atoms with E-state index in [1.165, 1.54) is 0 Å². The molecule has 5 heteroatoms. The lowest BCUT2D eigenvalue weighted by atomic mass is 10.0. The Morgan fingerprint density at radius 3 is 2.74 bits per heavy atom. The molecule has 0 spiro atoms. The van der Waals surface area contributed by atoms with Crippen molar-refractivity contribution >= 4 is 50.0 Å². The van der Waals surface area contributed by atoms with Crippen LogP contribution >= 0.6 is 34.7 Å². The molecule has 0 aliphatic heterocycles. The molecule has 1 N–H and O–H groups in total. The molecule has 1 aromatic heterocycles. The number of fused-ring (bicyclic) bond motifs is 1. The van der Waals surface area contributed by atoms with Gasteiger partial charge in [0.1, 0.15) is 0 Å². The van der Waals surface area contributed by atoms with Crippen LogP contribution in [0.1, 0.15) is 26.7 Å². The Kier molecular flexibility index (Phi) is 4.98. The summed E-state index contributed by atoms with van der Waals surface area (Å²) in [6.07, 6.45) is 4.51. The van der Waals surface area contributed by atoms with Crippen molar-refractivity contribution in [2.24, 2.45) is 0 Å². The van der Waals surface area contributed by atoms with E-state index in [2.05, 4.69) is 30.4 Å².